The second kappa shape index (κ2) is 8.90. The third-order valence-electron chi connectivity index (χ3n) is 5.95. The fourth-order valence-electron chi connectivity index (χ4n) is 4.24. The maximum absolute atomic E-state index is 13.6. The zero-order valence-corrected chi connectivity index (χ0v) is 19.3. The zero-order chi connectivity index (χ0) is 22.1. The van der Waals surface area contributed by atoms with Crippen LogP contribution in [-0.2, 0) is 14.8 Å². The van der Waals surface area contributed by atoms with Crippen LogP contribution in [0.4, 0.5) is 5.13 Å². The first-order valence-corrected chi connectivity index (χ1v) is 13.2. The molecule has 1 aromatic heterocycles. The maximum Gasteiger partial charge on any atom is 0.260 e. The molecule has 3 aromatic rings. The molecule has 0 saturated carbocycles. The number of rotatable bonds is 6. The molecule has 168 valence electrons. The number of aromatic nitrogens is 1. The standard InChI is InChI=1S/C23H25N3O4S2/c27-22(17-7-5-9-19(15-17)32(28,29)25-12-3-4-13-25)26(16-18-8-6-14-30-18)23-24-20-10-1-2-11-21(20)31-23/h1-2,5,7,9-11,15,18H,3-4,6,8,12-14,16H2/t18-/m1/s1. The van der Waals surface area contributed by atoms with E-state index in [1.54, 1.807) is 23.1 Å². The summed E-state index contributed by atoms with van der Waals surface area (Å²) in [4.78, 5) is 20.1. The summed E-state index contributed by atoms with van der Waals surface area (Å²) in [7, 11) is -3.60. The van der Waals surface area contributed by atoms with E-state index in [0.717, 1.165) is 35.9 Å². The first-order chi connectivity index (χ1) is 15.5. The molecule has 7 nitrogen and oxygen atoms in total. The maximum atomic E-state index is 13.6. The molecule has 0 spiro atoms. The topological polar surface area (TPSA) is 79.8 Å². The third kappa shape index (κ3) is 4.17. The largest absolute Gasteiger partial charge is 0.376 e. The van der Waals surface area contributed by atoms with E-state index in [1.165, 1.54) is 21.7 Å². The van der Waals surface area contributed by atoms with Gasteiger partial charge in [0.1, 0.15) is 0 Å². The summed E-state index contributed by atoms with van der Waals surface area (Å²) in [6.07, 6.45) is 3.53. The molecule has 1 atom stereocenters. The summed E-state index contributed by atoms with van der Waals surface area (Å²) in [5.74, 6) is -0.266. The lowest BCUT2D eigenvalue weighted by Crippen LogP contribution is -2.37. The van der Waals surface area contributed by atoms with E-state index in [0.29, 0.717) is 36.9 Å². The molecule has 2 saturated heterocycles. The van der Waals surface area contributed by atoms with Crippen molar-refractivity contribution in [3.8, 4) is 0 Å². The minimum absolute atomic E-state index is 0.0533. The lowest BCUT2D eigenvalue weighted by Gasteiger charge is -2.23. The smallest absolute Gasteiger partial charge is 0.260 e. The van der Waals surface area contributed by atoms with Crippen LogP contribution in [0, 0.1) is 0 Å². The number of anilines is 1. The Morgan fingerprint density at radius 2 is 1.94 bits per heavy atom. The molecule has 1 amide bonds. The highest BCUT2D eigenvalue weighted by atomic mass is 32.2. The number of hydrogen-bond donors (Lipinski definition) is 0. The first kappa shape index (κ1) is 21.5. The number of thiazole rings is 1. The van der Waals surface area contributed by atoms with E-state index in [1.807, 2.05) is 24.3 Å². The predicted molar refractivity (Wildman–Crippen MR) is 125 cm³/mol. The molecular weight excluding hydrogens is 446 g/mol. The molecule has 9 heteroatoms. The van der Waals surface area contributed by atoms with Gasteiger partial charge >= 0.3 is 0 Å². The number of carbonyl (C=O) groups is 1. The van der Waals surface area contributed by atoms with Crippen molar-refractivity contribution in [1.82, 2.24) is 9.29 Å². The van der Waals surface area contributed by atoms with E-state index in [-0.39, 0.29) is 16.9 Å². The van der Waals surface area contributed by atoms with Crippen LogP contribution in [0.25, 0.3) is 10.2 Å². The first-order valence-electron chi connectivity index (χ1n) is 10.9. The van der Waals surface area contributed by atoms with Gasteiger partial charge in [-0.2, -0.15) is 4.31 Å². The van der Waals surface area contributed by atoms with Gasteiger partial charge in [-0.15, -0.1) is 0 Å². The molecule has 0 radical (unpaired) electrons. The number of sulfonamides is 1. The van der Waals surface area contributed by atoms with Gasteiger partial charge in [-0.1, -0.05) is 29.5 Å². The van der Waals surface area contributed by atoms with Crippen LogP contribution in [0.3, 0.4) is 0 Å². The van der Waals surface area contributed by atoms with Crippen molar-refractivity contribution in [2.24, 2.45) is 0 Å². The Morgan fingerprint density at radius 3 is 2.69 bits per heavy atom. The molecule has 0 N–H and O–H groups in total. The van der Waals surface area contributed by atoms with Crippen LogP contribution in [0.15, 0.2) is 53.4 Å². The van der Waals surface area contributed by atoms with Crippen molar-refractivity contribution in [1.29, 1.82) is 0 Å². The van der Waals surface area contributed by atoms with Gasteiger partial charge in [0.25, 0.3) is 5.91 Å². The molecular formula is C23H25N3O4S2. The monoisotopic (exact) mass is 471 g/mol. The summed E-state index contributed by atoms with van der Waals surface area (Å²) < 4.78 is 34.3. The van der Waals surface area contributed by atoms with Gasteiger partial charge in [0, 0.05) is 25.3 Å². The molecule has 3 heterocycles. The molecule has 0 unspecified atom stereocenters. The minimum Gasteiger partial charge on any atom is -0.376 e. The number of hydrogen-bond acceptors (Lipinski definition) is 6. The average molecular weight is 472 g/mol. The highest BCUT2D eigenvalue weighted by Gasteiger charge is 2.30. The van der Waals surface area contributed by atoms with Gasteiger partial charge in [-0.25, -0.2) is 13.4 Å². The van der Waals surface area contributed by atoms with Crippen molar-refractivity contribution >= 4 is 42.6 Å². The molecule has 0 bridgehead atoms. The molecule has 2 aliphatic heterocycles. The number of carbonyl (C=O) groups excluding carboxylic acids is 1. The molecule has 2 aliphatic rings. The Hall–Kier alpha value is -2.33. The lowest BCUT2D eigenvalue weighted by molar-refractivity contribution is 0.0917. The Bertz CT molecular complexity index is 1200. The van der Waals surface area contributed by atoms with Crippen LogP contribution in [0.5, 0.6) is 0 Å². The highest BCUT2D eigenvalue weighted by molar-refractivity contribution is 7.89. The fourth-order valence-corrected chi connectivity index (χ4v) is 6.77. The molecule has 0 aliphatic carbocycles. The molecule has 32 heavy (non-hydrogen) atoms. The van der Waals surface area contributed by atoms with Crippen LogP contribution < -0.4 is 4.90 Å². The fraction of sp³-hybridized carbons (Fsp3) is 0.391. The Labute approximate surface area is 191 Å². The van der Waals surface area contributed by atoms with Gasteiger partial charge in [-0.3, -0.25) is 9.69 Å². The lowest BCUT2D eigenvalue weighted by atomic mass is 10.2. The Morgan fingerprint density at radius 1 is 1.12 bits per heavy atom. The Kier molecular flexibility index (Phi) is 5.98. The normalized spacial score (nSPS) is 19.6. The van der Waals surface area contributed by atoms with Crippen LogP contribution >= 0.6 is 11.3 Å². The predicted octanol–water partition coefficient (Wildman–Crippen LogP) is 3.91. The van der Waals surface area contributed by atoms with Crippen molar-refractivity contribution in [3.05, 3.63) is 54.1 Å². The Balaban J connectivity index is 1.49. The quantitative estimate of drug-likeness (QED) is 0.545. The number of ether oxygens (including phenoxy) is 1. The second-order valence-electron chi connectivity index (χ2n) is 8.15. The van der Waals surface area contributed by atoms with E-state index in [4.69, 9.17) is 4.74 Å². The summed E-state index contributed by atoms with van der Waals surface area (Å²) in [6.45, 7) is 2.13. The van der Waals surface area contributed by atoms with E-state index >= 15 is 0 Å². The second-order valence-corrected chi connectivity index (χ2v) is 11.1. The van der Waals surface area contributed by atoms with E-state index < -0.39 is 10.0 Å². The van der Waals surface area contributed by atoms with Crippen LogP contribution in [0.2, 0.25) is 0 Å². The van der Waals surface area contributed by atoms with Crippen molar-refractivity contribution in [3.63, 3.8) is 0 Å². The average Bonchev–Trinajstić information content (AvgIpc) is 3.58. The number of fused-ring (bicyclic) bond motifs is 1. The van der Waals surface area contributed by atoms with Gasteiger partial charge in [0.05, 0.1) is 27.8 Å². The molecule has 2 fully saturated rings. The van der Waals surface area contributed by atoms with E-state index in [2.05, 4.69) is 4.98 Å². The number of para-hydroxylation sites is 1. The van der Waals surface area contributed by atoms with E-state index in [9.17, 15) is 13.2 Å². The third-order valence-corrected chi connectivity index (χ3v) is 8.91. The van der Waals surface area contributed by atoms with Crippen molar-refractivity contribution in [2.45, 2.75) is 36.7 Å². The van der Waals surface area contributed by atoms with Gasteiger partial charge < -0.3 is 4.74 Å². The van der Waals surface area contributed by atoms with Crippen molar-refractivity contribution in [2.75, 3.05) is 31.1 Å². The highest BCUT2D eigenvalue weighted by Crippen LogP contribution is 2.31. The number of nitrogens with zero attached hydrogens (tertiary/aromatic N) is 3. The number of amides is 1. The summed E-state index contributed by atoms with van der Waals surface area (Å²) in [6, 6.07) is 14.1. The summed E-state index contributed by atoms with van der Waals surface area (Å²) >= 11 is 1.45. The summed E-state index contributed by atoms with van der Waals surface area (Å²) in [5, 5.41) is 0.597. The molecule has 5 rings (SSSR count). The minimum atomic E-state index is -3.60. The van der Waals surface area contributed by atoms with Crippen LogP contribution in [-0.4, -0.2) is 56.0 Å². The van der Waals surface area contributed by atoms with Gasteiger partial charge in [-0.05, 0) is 56.0 Å². The number of benzene rings is 2. The SMILES string of the molecule is O=C(c1cccc(S(=O)(=O)N2CCCC2)c1)N(C[C@H]1CCCO1)c1nc2ccccc2s1. The van der Waals surface area contributed by atoms with Crippen molar-refractivity contribution < 1.29 is 17.9 Å². The molecule has 2 aromatic carbocycles. The summed E-state index contributed by atoms with van der Waals surface area (Å²) in [5.41, 5.74) is 1.17. The zero-order valence-electron chi connectivity index (χ0n) is 17.6. The van der Waals surface area contributed by atoms with Gasteiger partial charge in [0.2, 0.25) is 10.0 Å². The van der Waals surface area contributed by atoms with Gasteiger partial charge in [0.15, 0.2) is 5.13 Å². The van der Waals surface area contributed by atoms with Crippen LogP contribution in [0.1, 0.15) is 36.0 Å².